The highest BCUT2D eigenvalue weighted by Gasteiger charge is 2.25. The minimum absolute atomic E-state index is 0.236. The van der Waals surface area contributed by atoms with Crippen LogP contribution in [0.2, 0.25) is 0 Å². The first kappa shape index (κ1) is 14.7. The summed E-state index contributed by atoms with van der Waals surface area (Å²) in [5.74, 6) is 0. The SMILES string of the molecule is CC(C)(C)OC(=O)N1CCn2ccc3cc(I)cc(c32)C1. The van der Waals surface area contributed by atoms with Gasteiger partial charge >= 0.3 is 6.09 Å². The molecule has 0 saturated heterocycles. The predicted molar refractivity (Wildman–Crippen MR) is 91.3 cm³/mol. The van der Waals surface area contributed by atoms with Gasteiger partial charge in [-0.1, -0.05) is 0 Å². The van der Waals surface area contributed by atoms with Crippen molar-refractivity contribution in [2.75, 3.05) is 6.54 Å². The Balaban J connectivity index is 1.93. The van der Waals surface area contributed by atoms with Gasteiger partial charge < -0.3 is 14.2 Å². The Morgan fingerprint density at radius 1 is 1.29 bits per heavy atom. The van der Waals surface area contributed by atoms with Crippen LogP contribution in [0.4, 0.5) is 4.79 Å². The van der Waals surface area contributed by atoms with Gasteiger partial charge in [-0.2, -0.15) is 0 Å². The van der Waals surface area contributed by atoms with E-state index in [2.05, 4.69) is 51.6 Å². The normalized spacial score (nSPS) is 15.1. The topological polar surface area (TPSA) is 34.5 Å². The first-order chi connectivity index (χ1) is 9.83. The molecule has 21 heavy (non-hydrogen) atoms. The predicted octanol–water partition coefficient (Wildman–Crippen LogP) is 4.00. The quantitative estimate of drug-likeness (QED) is 0.629. The molecule has 0 radical (unpaired) electrons. The summed E-state index contributed by atoms with van der Waals surface area (Å²) in [7, 11) is 0. The Hall–Kier alpha value is -1.24. The third kappa shape index (κ3) is 3.02. The number of benzene rings is 1. The summed E-state index contributed by atoms with van der Waals surface area (Å²) in [6.07, 6.45) is 1.86. The number of carbonyl (C=O) groups excluding carboxylic acids is 1. The molecule has 1 aromatic heterocycles. The van der Waals surface area contributed by atoms with Crippen LogP contribution in [0.3, 0.4) is 0 Å². The second-order valence-corrected chi connectivity index (χ2v) is 7.66. The van der Waals surface area contributed by atoms with Gasteiger partial charge in [-0.05, 0) is 67.1 Å². The standard InChI is InChI=1S/C16H19IN2O2/c1-16(2,3)21-15(20)19-7-6-18-5-4-11-8-13(17)9-12(10-19)14(11)18/h4-5,8-9H,6-7,10H2,1-3H3. The van der Waals surface area contributed by atoms with Crippen molar-refractivity contribution in [2.45, 2.75) is 39.5 Å². The highest BCUT2D eigenvalue weighted by atomic mass is 127. The van der Waals surface area contributed by atoms with Crippen LogP contribution in [0.1, 0.15) is 26.3 Å². The van der Waals surface area contributed by atoms with Crippen molar-refractivity contribution >= 4 is 39.6 Å². The van der Waals surface area contributed by atoms with Crippen molar-refractivity contribution in [2.24, 2.45) is 0 Å². The van der Waals surface area contributed by atoms with E-state index in [1.807, 2.05) is 20.8 Å². The second-order valence-electron chi connectivity index (χ2n) is 6.41. The highest BCUT2D eigenvalue weighted by Crippen LogP contribution is 2.27. The van der Waals surface area contributed by atoms with E-state index in [1.165, 1.54) is 20.0 Å². The van der Waals surface area contributed by atoms with Crippen LogP contribution in [0.5, 0.6) is 0 Å². The van der Waals surface area contributed by atoms with Gasteiger partial charge in [-0.25, -0.2) is 4.79 Å². The summed E-state index contributed by atoms with van der Waals surface area (Å²) in [5, 5.41) is 1.24. The number of nitrogens with zero attached hydrogens (tertiary/aromatic N) is 2. The maximum absolute atomic E-state index is 12.3. The molecular formula is C16H19IN2O2. The fourth-order valence-electron chi connectivity index (χ4n) is 2.70. The fraction of sp³-hybridized carbons (Fsp3) is 0.438. The van der Waals surface area contributed by atoms with E-state index in [-0.39, 0.29) is 6.09 Å². The van der Waals surface area contributed by atoms with Gasteiger partial charge in [0.25, 0.3) is 0 Å². The van der Waals surface area contributed by atoms with E-state index in [0.717, 1.165) is 6.54 Å². The molecule has 0 fully saturated rings. The van der Waals surface area contributed by atoms with Crippen molar-refractivity contribution < 1.29 is 9.53 Å². The third-order valence-electron chi connectivity index (χ3n) is 3.53. The van der Waals surface area contributed by atoms with E-state index in [4.69, 9.17) is 4.74 Å². The summed E-state index contributed by atoms with van der Waals surface area (Å²) in [5.41, 5.74) is 1.96. The molecule has 5 heteroatoms. The Morgan fingerprint density at radius 3 is 2.76 bits per heavy atom. The Kier molecular flexibility index (Phi) is 3.63. The molecule has 0 aliphatic carbocycles. The molecule has 0 N–H and O–H groups in total. The van der Waals surface area contributed by atoms with Crippen LogP contribution in [0.15, 0.2) is 24.4 Å². The van der Waals surface area contributed by atoms with E-state index in [9.17, 15) is 4.79 Å². The summed E-state index contributed by atoms with van der Waals surface area (Å²) < 4.78 is 8.93. The zero-order chi connectivity index (χ0) is 15.2. The Bertz CT molecular complexity index is 700. The lowest BCUT2D eigenvalue weighted by molar-refractivity contribution is 0.0233. The molecule has 0 spiro atoms. The molecule has 0 saturated carbocycles. The van der Waals surface area contributed by atoms with Crippen molar-refractivity contribution in [1.29, 1.82) is 0 Å². The van der Waals surface area contributed by atoms with Crippen LogP contribution in [0.25, 0.3) is 10.9 Å². The molecule has 0 atom stereocenters. The molecule has 4 nitrogen and oxygen atoms in total. The van der Waals surface area contributed by atoms with Gasteiger partial charge in [0.05, 0.1) is 12.1 Å². The summed E-state index contributed by atoms with van der Waals surface area (Å²) in [4.78, 5) is 14.1. The number of aromatic nitrogens is 1. The highest BCUT2D eigenvalue weighted by molar-refractivity contribution is 14.1. The number of ether oxygens (including phenoxy) is 1. The number of hydrogen-bond acceptors (Lipinski definition) is 2. The fourth-order valence-corrected chi connectivity index (χ4v) is 3.41. The maximum atomic E-state index is 12.3. The van der Waals surface area contributed by atoms with E-state index >= 15 is 0 Å². The van der Waals surface area contributed by atoms with Crippen LogP contribution < -0.4 is 0 Å². The number of halogens is 1. The number of rotatable bonds is 0. The van der Waals surface area contributed by atoms with Crippen LogP contribution in [-0.2, 0) is 17.8 Å². The third-order valence-corrected chi connectivity index (χ3v) is 4.15. The average molecular weight is 398 g/mol. The van der Waals surface area contributed by atoms with Gasteiger partial charge in [0.1, 0.15) is 5.60 Å². The number of hydrogen-bond donors (Lipinski definition) is 0. The van der Waals surface area contributed by atoms with Crippen molar-refractivity contribution in [3.8, 4) is 0 Å². The largest absolute Gasteiger partial charge is 0.444 e. The average Bonchev–Trinajstić information content (AvgIpc) is 2.64. The first-order valence-corrected chi connectivity index (χ1v) is 8.16. The van der Waals surface area contributed by atoms with Crippen molar-refractivity contribution in [3.63, 3.8) is 0 Å². The zero-order valence-corrected chi connectivity index (χ0v) is 14.7. The lowest BCUT2D eigenvalue weighted by atomic mass is 10.1. The van der Waals surface area contributed by atoms with Crippen LogP contribution in [0, 0.1) is 3.57 Å². The molecule has 3 rings (SSSR count). The molecule has 1 aliphatic heterocycles. The number of amides is 1. The number of carbonyl (C=O) groups is 1. The molecular weight excluding hydrogens is 379 g/mol. The Labute approximate surface area is 138 Å². The van der Waals surface area contributed by atoms with E-state index in [0.29, 0.717) is 13.1 Å². The molecule has 1 aromatic carbocycles. The van der Waals surface area contributed by atoms with Crippen LogP contribution >= 0.6 is 22.6 Å². The second kappa shape index (κ2) is 5.19. The molecule has 0 unspecified atom stereocenters. The molecule has 1 aliphatic rings. The molecule has 1 amide bonds. The lowest BCUT2D eigenvalue weighted by Gasteiger charge is -2.26. The summed E-state index contributed by atoms with van der Waals surface area (Å²) >= 11 is 2.33. The van der Waals surface area contributed by atoms with E-state index < -0.39 is 5.60 Å². The van der Waals surface area contributed by atoms with Gasteiger partial charge in [0.2, 0.25) is 0 Å². The van der Waals surface area contributed by atoms with E-state index in [1.54, 1.807) is 4.90 Å². The van der Waals surface area contributed by atoms with Gasteiger partial charge in [-0.3, -0.25) is 0 Å². The minimum atomic E-state index is -0.459. The smallest absolute Gasteiger partial charge is 0.410 e. The summed E-state index contributed by atoms with van der Waals surface area (Å²) in [6.45, 7) is 7.77. The maximum Gasteiger partial charge on any atom is 0.410 e. The zero-order valence-electron chi connectivity index (χ0n) is 12.5. The summed E-state index contributed by atoms with van der Waals surface area (Å²) in [6, 6.07) is 6.48. The molecule has 2 heterocycles. The van der Waals surface area contributed by atoms with Gasteiger partial charge in [0, 0.05) is 28.2 Å². The first-order valence-electron chi connectivity index (χ1n) is 7.09. The molecule has 2 aromatic rings. The monoisotopic (exact) mass is 398 g/mol. The van der Waals surface area contributed by atoms with Gasteiger partial charge in [0.15, 0.2) is 0 Å². The molecule has 0 bridgehead atoms. The molecule has 112 valence electrons. The van der Waals surface area contributed by atoms with Crippen LogP contribution in [-0.4, -0.2) is 27.7 Å². The van der Waals surface area contributed by atoms with Crippen molar-refractivity contribution in [3.05, 3.63) is 33.5 Å². The van der Waals surface area contributed by atoms with Gasteiger partial charge in [-0.15, -0.1) is 0 Å². The Morgan fingerprint density at radius 2 is 2.05 bits per heavy atom. The minimum Gasteiger partial charge on any atom is -0.444 e. The lowest BCUT2D eigenvalue weighted by Crippen LogP contribution is -2.37. The van der Waals surface area contributed by atoms with Crippen molar-refractivity contribution in [1.82, 2.24) is 9.47 Å².